The third-order valence-electron chi connectivity index (χ3n) is 2.85. The average Bonchev–Trinajstić information content (AvgIpc) is 2.42. The van der Waals surface area contributed by atoms with Crippen LogP contribution in [0.2, 0.25) is 0 Å². The van der Waals surface area contributed by atoms with Crippen molar-refractivity contribution in [3.63, 3.8) is 0 Å². The number of rotatable bonds is 8. The van der Waals surface area contributed by atoms with Crippen LogP contribution in [0, 0.1) is 0 Å². The molecule has 0 aromatic rings. The molecule has 0 aromatic heterocycles. The second-order valence-corrected chi connectivity index (χ2v) is 4.79. The first-order valence-corrected chi connectivity index (χ1v) is 6.08. The Morgan fingerprint density at radius 1 is 0.500 bits per heavy atom. The van der Waals surface area contributed by atoms with E-state index in [1.54, 1.807) is 5.32 Å². The highest BCUT2D eigenvalue weighted by atomic mass is 19.4. The van der Waals surface area contributed by atoms with E-state index in [9.17, 15) is 65.9 Å². The molecule has 0 saturated carbocycles. The van der Waals surface area contributed by atoms with Gasteiger partial charge in [0.15, 0.2) is 0 Å². The zero-order valence-corrected chi connectivity index (χ0v) is 12.0. The minimum atomic E-state index is -8.26. The van der Waals surface area contributed by atoms with Crippen molar-refractivity contribution in [1.82, 2.24) is 0 Å². The maximum Gasteiger partial charge on any atom is 0.460 e. The summed E-state index contributed by atoms with van der Waals surface area (Å²) in [5.74, 6) is -40.0. The van der Waals surface area contributed by atoms with Gasteiger partial charge in [0.2, 0.25) is 6.05 Å². The van der Waals surface area contributed by atoms with Crippen LogP contribution in [0.3, 0.4) is 0 Å². The fourth-order valence-electron chi connectivity index (χ4n) is 1.31. The van der Waals surface area contributed by atoms with Crippen molar-refractivity contribution >= 4 is 0 Å². The average molecular weight is 426 g/mol. The molecule has 0 spiro atoms. The van der Waals surface area contributed by atoms with Crippen molar-refractivity contribution < 1.29 is 65.9 Å². The number of hydrogen-bond acceptors (Lipinski definition) is 0. The predicted octanol–water partition coefficient (Wildman–Crippen LogP) is 6.10. The largest absolute Gasteiger partial charge is 0.595 e. The minimum Gasteiger partial charge on any atom is -0.595 e. The summed E-state index contributed by atoms with van der Waals surface area (Å²) < 4.78 is 190. The smallest absolute Gasteiger partial charge is 0.460 e. The Kier molecular flexibility index (Phi) is 6.24. The number of nitrogens with zero attached hydrogens (tertiary/aromatic N) is 1. The Hall–Kier alpha value is -1.09. The molecule has 0 unspecified atom stereocenters. The SMILES string of the molecule is CCC[N-]C(F)(F)C(F)(F)C(F)(F)C(F)(F)C(F)(F)C(F)(F)C(F)(F)F. The van der Waals surface area contributed by atoms with Crippen LogP contribution in [0.4, 0.5) is 65.9 Å². The van der Waals surface area contributed by atoms with E-state index in [1.165, 1.54) is 0 Å². The second kappa shape index (κ2) is 6.51. The first-order chi connectivity index (χ1) is 11.1. The van der Waals surface area contributed by atoms with E-state index in [0.29, 0.717) is 0 Å². The van der Waals surface area contributed by atoms with Crippen molar-refractivity contribution in [2.75, 3.05) is 6.54 Å². The van der Waals surface area contributed by atoms with Gasteiger partial charge in [-0.2, -0.15) is 57.1 Å². The van der Waals surface area contributed by atoms with Crippen LogP contribution in [0.15, 0.2) is 0 Å². The van der Waals surface area contributed by atoms with Gasteiger partial charge in [-0.05, 0) is 0 Å². The van der Waals surface area contributed by atoms with Crippen molar-refractivity contribution in [2.45, 2.75) is 55.2 Å². The summed E-state index contributed by atoms with van der Waals surface area (Å²) in [7, 11) is 0. The van der Waals surface area contributed by atoms with Crippen LogP contribution in [0.25, 0.3) is 5.32 Å². The molecule has 0 fully saturated rings. The Labute approximate surface area is 134 Å². The lowest BCUT2D eigenvalue weighted by Crippen LogP contribution is -2.72. The van der Waals surface area contributed by atoms with E-state index in [2.05, 4.69) is 0 Å². The van der Waals surface area contributed by atoms with Gasteiger partial charge < -0.3 is 5.32 Å². The molecule has 0 amide bonds. The molecule has 1 nitrogen and oxygen atoms in total. The lowest BCUT2D eigenvalue weighted by Gasteiger charge is -2.45. The summed E-state index contributed by atoms with van der Waals surface area (Å²) in [5, 5.41) is 1.57. The Morgan fingerprint density at radius 2 is 0.808 bits per heavy atom. The van der Waals surface area contributed by atoms with Crippen molar-refractivity contribution in [2.24, 2.45) is 0 Å². The molecule has 26 heavy (non-hydrogen) atoms. The third-order valence-corrected chi connectivity index (χ3v) is 2.85. The van der Waals surface area contributed by atoms with Gasteiger partial charge in [-0.25, -0.2) is 8.78 Å². The summed E-state index contributed by atoms with van der Waals surface area (Å²) in [5.41, 5.74) is 0. The first kappa shape index (κ1) is 24.9. The van der Waals surface area contributed by atoms with Gasteiger partial charge in [-0.3, -0.25) is 0 Å². The molecule has 0 aliphatic carbocycles. The zero-order chi connectivity index (χ0) is 21.6. The molecular formula is C10H7F15N-. The number of halogens is 15. The molecule has 0 aromatic carbocycles. The fraction of sp³-hybridized carbons (Fsp3) is 1.00. The van der Waals surface area contributed by atoms with E-state index >= 15 is 0 Å². The quantitative estimate of drug-likeness (QED) is 0.329. The highest BCUT2D eigenvalue weighted by Crippen LogP contribution is 2.62. The molecule has 0 aliphatic heterocycles. The van der Waals surface area contributed by atoms with Gasteiger partial charge in [0.25, 0.3) is 0 Å². The normalized spacial score (nSPS) is 16.2. The fourth-order valence-corrected chi connectivity index (χ4v) is 1.31. The summed E-state index contributed by atoms with van der Waals surface area (Å²) in [6.45, 7) is -0.415. The Balaban J connectivity index is 6.33. The van der Waals surface area contributed by atoms with Crippen molar-refractivity contribution in [3.05, 3.63) is 5.32 Å². The summed E-state index contributed by atoms with van der Waals surface area (Å²) in [4.78, 5) is 0. The predicted molar refractivity (Wildman–Crippen MR) is 54.3 cm³/mol. The van der Waals surface area contributed by atoms with Crippen LogP contribution in [0.5, 0.6) is 0 Å². The standard InChI is InChI=1S/C10H7F15N/c1-2-3-26-10(24,25)8(19,20)6(15,16)4(11,12)5(13,14)7(17,18)9(21,22)23/h2-3H2,1H3/q-1. The van der Waals surface area contributed by atoms with Gasteiger partial charge in [0.05, 0.1) is 0 Å². The van der Waals surface area contributed by atoms with Crippen molar-refractivity contribution in [1.29, 1.82) is 0 Å². The highest BCUT2D eigenvalue weighted by Gasteiger charge is 2.92. The monoisotopic (exact) mass is 426 g/mol. The van der Waals surface area contributed by atoms with Gasteiger partial charge in [-0.15, -0.1) is 6.54 Å². The molecule has 0 atom stereocenters. The van der Waals surface area contributed by atoms with E-state index in [0.717, 1.165) is 6.92 Å². The number of hydrogen-bond donors (Lipinski definition) is 0. The molecule has 0 radical (unpaired) electrons. The van der Waals surface area contributed by atoms with E-state index in [-0.39, 0.29) is 0 Å². The lowest BCUT2D eigenvalue weighted by molar-refractivity contribution is -0.450. The van der Waals surface area contributed by atoms with Crippen LogP contribution >= 0.6 is 0 Å². The van der Waals surface area contributed by atoms with Gasteiger partial charge in [-0.1, -0.05) is 13.3 Å². The molecule has 0 N–H and O–H groups in total. The Morgan fingerprint density at radius 3 is 1.12 bits per heavy atom. The van der Waals surface area contributed by atoms with Gasteiger partial charge in [0, 0.05) is 0 Å². The highest BCUT2D eigenvalue weighted by molar-refractivity contribution is 5.16. The molecule has 0 rings (SSSR count). The van der Waals surface area contributed by atoms with E-state index in [4.69, 9.17) is 0 Å². The van der Waals surface area contributed by atoms with E-state index in [1.807, 2.05) is 0 Å². The third kappa shape index (κ3) is 3.28. The Bertz CT molecular complexity index is 491. The van der Waals surface area contributed by atoms with E-state index < -0.39 is 54.8 Å². The topological polar surface area (TPSA) is 14.1 Å². The van der Waals surface area contributed by atoms with Crippen LogP contribution in [0.1, 0.15) is 13.3 Å². The second-order valence-electron chi connectivity index (χ2n) is 4.79. The zero-order valence-electron chi connectivity index (χ0n) is 12.0. The first-order valence-electron chi connectivity index (χ1n) is 6.08. The summed E-state index contributed by atoms with van der Waals surface area (Å²) >= 11 is 0. The molecule has 0 heterocycles. The van der Waals surface area contributed by atoms with Gasteiger partial charge >= 0.3 is 35.8 Å². The molecule has 16 heteroatoms. The molecule has 158 valence electrons. The van der Waals surface area contributed by atoms with Crippen LogP contribution in [-0.4, -0.2) is 48.4 Å². The summed E-state index contributed by atoms with van der Waals surface area (Å²) in [6, 6.07) is -6.49. The maximum atomic E-state index is 13.1. The summed E-state index contributed by atoms with van der Waals surface area (Å²) in [6.07, 6.45) is -8.14. The van der Waals surface area contributed by atoms with Crippen LogP contribution in [-0.2, 0) is 0 Å². The van der Waals surface area contributed by atoms with Gasteiger partial charge in [0.1, 0.15) is 0 Å². The molecular weight excluding hydrogens is 419 g/mol. The molecule has 0 bridgehead atoms. The molecule has 0 aliphatic rings. The molecule has 0 saturated heterocycles. The lowest BCUT2D eigenvalue weighted by atomic mass is 9.93. The van der Waals surface area contributed by atoms with Crippen molar-refractivity contribution in [3.8, 4) is 0 Å². The maximum absolute atomic E-state index is 13.1. The minimum absolute atomic E-state index is 0.546. The van der Waals surface area contributed by atoms with Crippen LogP contribution < -0.4 is 0 Å². The number of alkyl halides is 15.